The lowest BCUT2D eigenvalue weighted by Gasteiger charge is -2.33. The Kier molecular flexibility index (Phi) is 11.2. The summed E-state index contributed by atoms with van der Waals surface area (Å²) in [5, 5.41) is 11.8. The molecule has 10 rings (SSSR count). The number of hydrogen-bond acceptors (Lipinski definition) is 9. The lowest BCUT2D eigenvalue weighted by atomic mass is 9.88. The van der Waals surface area contributed by atoms with E-state index in [2.05, 4.69) is 74.5 Å². The number of aliphatic imine (C=N–C) groups is 1. The molecule has 15 nitrogen and oxygen atoms in total. The first-order valence-corrected chi connectivity index (χ1v) is 22.6. The van der Waals surface area contributed by atoms with Crippen molar-refractivity contribution < 1.29 is 14.4 Å². The van der Waals surface area contributed by atoms with Crippen molar-refractivity contribution in [2.24, 2.45) is 30.7 Å². The van der Waals surface area contributed by atoms with Crippen LogP contribution in [0.5, 0.6) is 0 Å². The van der Waals surface area contributed by atoms with Gasteiger partial charge < -0.3 is 15.2 Å². The van der Waals surface area contributed by atoms with Gasteiger partial charge in [-0.2, -0.15) is 5.10 Å². The maximum absolute atomic E-state index is 13.6. The number of aryl methyl sites for hydroxylation is 2. The molecule has 0 bridgehead atoms. The summed E-state index contributed by atoms with van der Waals surface area (Å²) in [7, 11) is 3.78. The minimum atomic E-state index is -0.775. The Hall–Kier alpha value is -7.13. The molecule has 0 spiro atoms. The number of carbonyl (C=O) groups is 3. The molecular weight excluding hydrogens is 819 g/mol. The number of imide groups is 1. The van der Waals surface area contributed by atoms with Crippen molar-refractivity contribution in [2.45, 2.75) is 57.0 Å². The van der Waals surface area contributed by atoms with Gasteiger partial charge in [0.15, 0.2) is 0 Å². The highest BCUT2D eigenvalue weighted by molar-refractivity contribution is 6.14. The topological polar surface area (TPSA) is 182 Å². The monoisotopic (exact) mass is 871 g/mol. The maximum Gasteiger partial charge on any atom is 0.329 e. The number of nitrogens with one attached hydrogen (secondary N) is 2. The normalized spacial score (nSPS) is 18.5. The number of amides is 3. The summed E-state index contributed by atoms with van der Waals surface area (Å²) >= 11 is 0. The number of hydrogen-bond donors (Lipinski definition) is 3. The Morgan fingerprint density at radius 3 is 2.48 bits per heavy atom. The quantitative estimate of drug-likeness (QED) is 0.110. The van der Waals surface area contributed by atoms with Gasteiger partial charge in [-0.3, -0.25) is 43.8 Å². The van der Waals surface area contributed by atoms with Crippen molar-refractivity contribution in [3.63, 3.8) is 0 Å². The van der Waals surface area contributed by atoms with E-state index in [1.54, 1.807) is 19.3 Å². The number of H-pyrrole nitrogens is 1. The molecule has 4 aromatic heterocycles. The molecule has 0 radical (unpaired) electrons. The Morgan fingerprint density at radius 2 is 1.71 bits per heavy atom. The van der Waals surface area contributed by atoms with Crippen LogP contribution in [0.1, 0.15) is 77.7 Å². The maximum atomic E-state index is 13.6. The summed E-state index contributed by atoms with van der Waals surface area (Å²) in [6.07, 6.45) is 11.2. The average molecular weight is 872 g/mol. The lowest BCUT2D eigenvalue weighted by Crippen LogP contribution is -2.44. The smallest absolute Gasteiger partial charge is 0.329 e. The molecule has 0 saturated carbocycles. The summed E-state index contributed by atoms with van der Waals surface area (Å²) in [4.78, 5) is 65.6. The highest BCUT2D eigenvalue weighted by Crippen LogP contribution is 2.34. The van der Waals surface area contributed by atoms with Gasteiger partial charge in [0, 0.05) is 98.5 Å². The molecule has 4 N–H and O–H groups in total. The van der Waals surface area contributed by atoms with Crippen LogP contribution in [0.3, 0.4) is 0 Å². The molecule has 7 aromatic rings. The summed E-state index contributed by atoms with van der Waals surface area (Å²) in [5.74, 6) is 0.0283. The Bertz CT molecular complexity index is 3080. The molecule has 0 aliphatic carbocycles. The first-order valence-electron chi connectivity index (χ1n) is 22.6. The van der Waals surface area contributed by atoms with Gasteiger partial charge >= 0.3 is 5.69 Å². The number of aromatic nitrogens is 6. The van der Waals surface area contributed by atoms with Gasteiger partial charge in [-0.15, -0.1) is 0 Å². The molecule has 3 fully saturated rings. The van der Waals surface area contributed by atoms with Gasteiger partial charge in [-0.25, -0.2) is 9.78 Å². The second kappa shape index (κ2) is 17.4. The summed E-state index contributed by atoms with van der Waals surface area (Å²) in [6, 6.07) is 23.8. The minimum absolute atomic E-state index is 0.0688. The van der Waals surface area contributed by atoms with Gasteiger partial charge in [-0.1, -0.05) is 30.3 Å². The molecule has 65 heavy (non-hydrogen) atoms. The fourth-order valence-electron chi connectivity index (χ4n) is 10.2. The third-order valence-corrected chi connectivity index (χ3v) is 14.0. The molecule has 15 heteroatoms. The number of likely N-dealkylation sites (tertiary alicyclic amines) is 2. The molecule has 1 atom stereocenters. The van der Waals surface area contributed by atoms with Crippen LogP contribution in [-0.2, 0) is 30.2 Å². The van der Waals surface area contributed by atoms with Crippen molar-refractivity contribution in [1.29, 1.82) is 0 Å². The van der Waals surface area contributed by atoms with Crippen LogP contribution in [0.25, 0.3) is 49.7 Å². The van der Waals surface area contributed by atoms with Crippen LogP contribution in [0.15, 0.2) is 101 Å². The number of allylic oxidation sites excluding steroid dienone is 1. The van der Waals surface area contributed by atoms with E-state index >= 15 is 0 Å². The molecule has 7 heterocycles. The number of rotatable bonds is 10. The number of fused-ring (bicyclic) bond motifs is 3. The molecule has 1 unspecified atom stereocenters. The number of piperidine rings is 3. The predicted octanol–water partition coefficient (Wildman–Crippen LogP) is 6.05. The SMILES string of the molecule is Cn1c(CN2CCC(c3ccc(C(=O)N4CCC(CN=C/C(=C\N)c5cccc6c5n(C)c(=O)n6C5CCC(=O)NC5=O)CC4)cc3)CC2)cc2c(-c3ccc4[nH]ncc4c3)ccnc21. The van der Waals surface area contributed by atoms with Crippen LogP contribution < -0.4 is 16.7 Å². The van der Waals surface area contributed by atoms with Gasteiger partial charge in [-0.05, 0) is 116 Å². The van der Waals surface area contributed by atoms with Crippen molar-refractivity contribution >= 4 is 62.5 Å². The molecule has 3 aromatic carbocycles. The van der Waals surface area contributed by atoms with Crippen LogP contribution in [0.2, 0.25) is 0 Å². The van der Waals surface area contributed by atoms with Gasteiger partial charge in [0.2, 0.25) is 11.8 Å². The van der Waals surface area contributed by atoms with E-state index in [0.29, 0.717) is 48.1 Å². The second-order valence-corrected chi connectivity index (χ2v) is 17.8. The van der Waals surface area contributed by atoms with E-state index in [1.165, 1.54) is 32.2 Å². The molecule has 3 amide bonds. The zero-order valence-corrected chi connectivity index (χ0v) is 36.7. The number of nitrogens with two attached hydrogens (primary N) is 1. The van der Waals surface area contributed by atoms with Crippen LogP contribution in [-0.4, -0.2) is 95.3 Å². The van der Waals surface area contributed by atoms with E-state index in [1.807, 2.05) is 41.6 Å². The largest absolute Gasteiger partial charge is 0.404 e. The van der Waals surface area contributed by atoms with E-state index in [9.17, 15) is 19.2 Å². The molecule has 3 aliphatic rings. The van der Waals surface area contributed by atoms with Crippen molar-refractivity contribution in [1.82, 2.24) is 44.0 Å². The first-order chi connectivity index (χ1) is 31.6. The summed E-state index contributed by atoms with van der Waals surface area (Å²) < 4.78 is 5.21. The van der Waals surface area contributed by atoms with E-state index in [4.69, 9.17) is 15.7 Å². The highest BCUT2D eigenvalue weighted by atomic mass is 16.2. The Morgan fingerprint density at radius 1 is 0.908 bits per heavy atom. The predicted molar refractivity (Wildman–Crippen MR) is 252 cm³/mol. The van der Waals surface area contributed by atoms with Crippen LogP contribution >= 0.6 is 0 Å². The minimum Gasteiger partial charge on any atom is -0.404 e. The lowest BCUT2D eigenvalue weighted by molar-refractivity contribution is -0.135. The Balaban J connectivity index is 0.715. The third-order valence-electron chi connectivity index (χ3n) is 14.0. The average Bonchev–Trinajstić information content (AvgIpc) is 4.01. The van der Waals surface area contributed by atoms with Gasteiger partial charge in [0.25, 0.3) is 5.91 Å². The summed E-state index contributed by atoms with van der Waals surface area (Å²) in [6.45, 7) is 4.80. The second-order valence-electron chi connectivity index (χ2n) is 17.8. The Labute approximate surface area is 375 Å². The van der Waals surface area contributed by atoms with Crippen LogP contribution in [0.4, 0.5) is 0 Å². The zero-order valence-electron chi connectivity index (χ0n) is 36.7. The number of para-hydroxylation sites is 1. The number of aromatic amines is 1. The molecule has 332 valence electrons. The third kappa shape index (κ3) is 7.94. The van der Waals surface area contributed by atoms with Gasteiger partial charge in [0.1, 0.15) is 11.7 Å². The van der Waals surface area contributed by atoms with Crippen LogP contribution in [0, 0.1) is 5.92 Å². The van der Waals surface area contributed by atoms with Gasteiger partial charge in [0.05, 0.1) is 22.7 Å². The standard InChI is InChI=1S/C50H53N11O4/c1-57-38(25-41-39(14-19-53-47(41)57)35-10-11-42-36(24-35)29-54-56-42)30-59-20-17-33(18-21-59)32-6-8-34(9-7-32)49(64)60-22-15-31(16-23-60)27-52-28-37(26-51)40-4-3-5-43-46(40)58(2)50(65)61(43)44-12-13-45(62)55-48(44)63/h3-11,14,19,24-26,28-29,31,33,44H,12-13,15-18,20-23,27,30,51H2,1-2H3,(H,54,56)(H,55,62,63)/b37-26+,52-28?. The summed E-state index contributed by atoms with van der Waals surface area (Å²) in [5.41, 5.74) is 16.0. The first kappa shape index (κ1) is 41.9. The number of nitrogens with zero attached hydrogens (tertiary/aromatic N) is 8. The van der Waals surface area contributed by atoms with Crippen molar-refractivity contribution in [3.05, 3.63) is 124 Å². The van der Waals surface area contributed by atoms with E-state index in [-0.39, 0.29) is 30.3 Å². The number of benzene rings is 3. The molecule has 3 aliphatic heterocycles. The van der Waals surface area contributed by atoms with E-state index in [0.717, 1.165) is 83.9 Å². The fourth-order valence-corrected chi connectivity index (χ4v) is 10.2. The van der Waals surface area contributed by atoms with Crippen molar-refractivity contribution in [2.75, 3.05) is 32.7 Å². The van der Waals surface area contributed by atoms with Crippen molar-refractivity contribution in [3.8, 4) is 11.1 Å². The highest BCUT2D eigenvalue weighted by Gasteiger charge is 2.32. The number of pyridine rings is 1. The molecule has 3 saturated heterocycles. The fraction of sp³-hybridized carbons (Fsp3) is 0.340. The molecular formula is C50H53N11O4. The number of carbonyl (C=O) groups excluding carboxylic acids is 3. The number of imidazole rings is 1. The zero-order chi connectivity index (χ0) is 44.8. The van der Waals surface area contributed by atoms with E-state index < -0.39 is 11.9 Å².